The van der Waals surface area contributed by atoms with Gasteiger partial charge in [0.05, 0.1) is 12.3 Å². The number of nitrogens with zero attached hydrogens (tertiary/aromatic N) is 3. The van der Waals surface area contributed by atoms with Gasteiger partial charge in [-0.05, 0) is 25.0 Å². The van der Waals surface area contributed by atoms with Gasteiger partial charge in [-0.3, -0.25) is 4.79 Å². The summed E-state index contributed by atoms with van der Waals surface area (Å²) >= 11 is 2.91. The third kappa shape index (κ3) is 4.39. The fraction of sp³-hybridized carbons (Fsp3) is 0.471. The molecule has 2 aromatic rings. The van der Waals surface area contributed by atoms with E-state index in [4.69, 9.17) is 9.47 Å². The van der Waals surface area contributed by atoms with E-state index < -0.39 is 0 Å². The van der Waals surface area contributed by atoms with Gasteiger partial charge in [-0.1, -0.05) is 35.2 Å². The maximum Gasteiger partial charge on any atom is 0.232 e. The van der Waals surface area contributed by atoms with Crippen LogP contribution in [0.25, 0.3) is 0 Å². The van der Waals surface area contributed by atoms with Crippen LogP contribution in [0.2, 0.25) is 0 Å². The van der Waals surface area contributed by atoms with Gasteiger partial charge in [-0.15, -0.1) is 10.2 Å². The largest absolute Gasteiger partial charge is 0.486 e. The molecule has 2 aliphatic rings. The Balaban J connectivity index is 1.23. The van der Waals surface area contributed by atoms with Crippen molar-refractivity contribution in [2.75, 3.05) is 31.3 Å². The van der Waals surface area contributed by atoms with Crippen molar-refractivity contribution in [1.82, 2.24) is 15.1 Å². The summed E-state index contributed by atoms with van der Waals surface area (Å²) in [7, 11) is 1.78. The normalized spacial score (nSPS) is 18.4. The van der Waals surface area contributed by atoms with E-state index in [9.17, 15) is 4.79 Å². The maximum atomic E-state index is 12.4. The Morgan fingerprint density at radius 2 is 2.15 bits per heavy atom. The molecule has 138 valence electrons. The van der Waals surface area contributed by atoms with Crippen molar-refractivity contribution >= 4 is 34.1 Å². The van der Waals surface area contributed by atoms with Crippen LogP contribution >= 0.6 is 23.1 Å². The Morgan fingerprint density at radius 3 is 2.96 bits per heavy atom. The zero-order chi connectivity index (χ0) is 17.9. The summed E-state index contributed by atoms with van der Waals surface area (Å²) in [5.74, 6) is 1.84. The molecule has 1 N–H and O–H groups in total. The Hall–Kier alpha value is -2.00. The third-order valence-corrected chi connectivity index (χ3v) is 6.07. The van der Waals surface area contributed by atoms with E-state index >= 15 is 0 Å². The summed E-state index contributed by atoms with van der Waals surface area (Å²) in [6.45, 7) is 0.923. The summed E-state index contributed by atoms with van der Waals surface area (Å²) in [4.78, 5) is 14.1. The zero-order valence-corrected chi connectivity index (χ0v) is 16.0. The van der Waals surface area contributed by atoms with Crippen LogP contribution in [-0.2, 0) is 4.79 Å². The molecule has 26 heavy (non-hydrogen) atoms. The number of anilines is 1. The van der Waals surface area contributed by atoms with E-state index in [1.807, 2.05) is 24.3 Å². The van der Waals surface area contributed by atoms with Crippen LogP contribution in [0.15, 0.2) is 28.6 Å². The molecule has 1 atom stereocenters. The lowest BCUT2D eigenvalue weighted by atomic mass is 10.2. The first kappa shape index (κ1) is 17.4. The summed E-state index contributed by atoms with van der Waals surface area (Å²) in [5.41, 5.74) is 0. The fourth-order valence-electron chi connectivity index (χ4n) is 2.52. The minimum absolute atomic E-state index is 0.0318. The second-order valence-electron chi connectivity index (χ2n) is 6.35. The molecule has 1 saturated carbocycles. The number of aromatic nitrogens is 2. The average molecular weight is 393 g/mol. The first-order valence-electron chi connectivity index (χ1n) is 8.52. The van der Waals surface area contributed by atoms with Crippen molar-refractivity contribution < 1.29 is 14.3 Å². The van der Waals surface area contributed by atoms with Crippen LogP contribution in [0.3, 0.4) is 0 Å². The Kier molecular flexibility index (Phi) is 5.16. The first-order valence-corrected chi connectivity index (χ1v) is 10.3. The molecular formula is C17H20N4O3S2. The number of fused-ring (bicyclic) bond motifs is 1. The number of thioether (sulfide) groups is 1. The molecule has 1 aromatic carbocycles. The van der Waals surface area contributed by atoms with Gasteiger partial charge in [-0.25, -0.2) is 0 Å². The average Bonchev–Trinajstić information content (AvgIpc) is 3.35. The van der Waals surface area contributed by atoms with E-state index in [1.54, 1.807) is 11.9 Å². The van der Waals surface area contributed by atoms with Gasteiger partial charge < -0.3 is 19.7 Å². The van der Waals surface area contributed by atoms with Crippen molar-refractivity contribution in [3.63, 3.8) is 0 Å². The number of likely N-dealkylation sites (N-methyl/N-ethyl adjacent to an activating group) is 1. The summed E-state index contributed by atoms with van der Waals surface area (Å²) in [6.07, 6.45) is 2.23. The van der Waals surface area contributed by atoms with E-state index in [-0.39, 0.29) is 12.0 Å². The number of carbonyl (C=O) groups excluding carboxylic acids is 1. The van der Waals surface area contributed by atoms with Crippen LogP contribution < -0.4 is 14.8 Å². The van der Waals surface area contributed by atoms with Crippen molar-refractivity contribution in [2.24, 2.45) is 0 Å². The summed E-state index contributed by atoms with van der Waals surface area (Å²) in [5, 5.41) is 12.4. The predicted octanol–water partition coefficient (Wildman–Crippen LogP) is 2.50. The van der Waals surface area contributed by atoms with E-state index in [0.29, 0.717) is 24.9 Å². The molecule has 0 saturated heterocycles. The molecule has 1 aromatic heterocycles. The highest BCUT2D eigenvalue weighted by Crippen LogP contribution is 2.32. The molecule has 2 heterocycles. The first-order chi connectivity index (χ1) is 12.7. The van der Waals surface area contributed by atoms with Crippen LogP contribution in [-0.4, -0.2) is 59.1 Å². The van der Waals surface area contributed by atoms with Gasteiger partial charge >= 0.3 is 0 Å². The van der Waals surface area contributed by atoms with Gasteiger partial charge in [0.2, 0.25) is 11.0 Å². The van der Waals surface area contributed by atoms with Gasteiger partial charge in [0.25, 0.3) is 0 Å². The molecule has 0 bridgehead atoms. The van der Waals surface area contributed by atoms with Crippen molar-refractivity contribution in [3.8, 4) is 11.5 Å². The highest BCUT2D eigenvalue weighted by molar-refractivity contribution is 8.01. The third-order valence-electron chi connectivity index (χ3n) is 4.10. The summed E-state index contributed by atoms with van der Waals surface area (Å²) in [6, 6.07) is 8.13. The molecule has 1 fully saturated rings. The lowest BCUT2D eigenvalue weighted by molar-refractivity contribution is -0.128. The zero-order valence-electron chi connectivity index (χ0n) is 14.4. The quantitative estimate of drug-likeness (QED) is 0.726. The molecule has 0 spiro atoms. The van der Waals surface area contributed by atoms with Gasteiger partial charge in [0.15, 0.2) is 21.9 Å². The molecule has 1 aliphatic carbocycles. The van der Waals surface area contributed by atoms with Gasteiger partial charge in [0.1, 0.15) is 6.61 Å². The molecule has 4 rings (SSSR count). The number of rotatable bonds is 7. The summed E-state index contributed by atoms with van der Waals surface area (Å²) < 4.78 is 12.4. The lowest BCUT2D eigenvalue weighted by Gasteiger charge is -2.29. The topological polar surface area (TPSA) is 76.6 Å². The minimum atomic E-state index is -0.167. The highest BCUT2D eigenvalue weighted by atomic mass is 32.2. The Labute approximate surface area is 160 Å². The second-order valence-corrected chi connectivity index (χ2v) is 8.55. The van der Waals surface area contributed by atoms with Crippen LogP contribution in [0.4, 0.5) is 5.13 Å². The van der Waals surface area contributed by atoms with Gasteiger partial charge in [-0.2, -0.15) is 0 Å². The molecule has 1 amide bonds. The minimum Gasteiger partial charge on any atom is -0.486 e. The molecule has 0 radical (unpaired) electrons. The molecule has 1 aliphatic heterocycles. The standard InChI is InChI=1S/C17H20N4O3S2/c1-21(8-12-9-23-13-4-2-3-5-14(13)24-12)15(22)10-25-17-20-19-16(26-17)18-11-6-7-11/h2-5,11-12H,6-10H2,1H3,(H,18,19)/t12-/m1/s1. The monoisotopic (exact) mass is 392 g/mol. The number of amides is 1. The number of carbonyl (C=O) groups is 1. The number of nitrogens with one attached hydrogen (secondary N) is 1. The van der Waals surface area contributed by atoms with Crippen LogP contribution in [0.1, 0.15) is 12.8 Å². The smallest absolute Gasteiger partial charge is 0.232 e. The van der Waals surface area contributed by atoms with Crippen molar-refractivity contribution in [3.05, 3.63) is 24.3 Å². The lowest BCUT2D eigenvalue weighted by Crippen LogP contribution is -2.42. The number of benzene rings is 1. The Morgan fingerprint density at radius 1 is 1.35 bits per heavy atom. The van der Waals surface area contributed by atoms with Crippen molar-refractivity contribution in [1.29, 1.82) is 0 Å². The predicted molar refractivity (Wildman–Crippen MR) is 101 cm³/mol. The molecule has 7 nitrogen and oxygen atoms in total. The van der Waals surface area contributed by atoms with Gasteiger partial charge in [0, 0.05) is 13.1 Å². The van der Waals surface area contributed by atoms with E-state index in [0.717, 1.165) is 21.0 Å². The molecule has 0 unspecified atom stereocenters. The highest BCUT2D eigenvalue weighted by Gasteiger charge is 2.24. The van der Waals surface area contributed by atoms with E-state index in [2.05, 4.69) is 15.5 Å². The van der Waals surface area contributed by atoms with E-state index in [1.165, 1.54) is 35.9 Å². The Bertz CT molecular complexity index is 781. The fourth-order valence-corrected chi connectivity index (χ4v) is 4.29. The SMILES string of the molecule is CN(C[C@@H]1COc2ccccc2O1)C(=O)CSc1nnc(NC2CC2)s1. The number of ether oxygens (including phenoxy) is 2. The van der Waals surface area contributed by atoms with Crippen molar-refractivity contribution in [2.45, 2.75) is 29.3 Å². The van der Waals surface area contributed by atoms with Crippen LogP contribution in [0.5, 0.6) is 11.5 Å². The van der Waals surface area contributed by atoms with Crippen LogP contribution in [0, 0.1) is 0 Å². The second kappa shape index (κ2) is 7.71. The number of hydrogen-bond donors (Lipinski definition) is 1. The maximum absolute atomic E-state index is 12.4. The molecular weight excluding hydrogens is 372 g/mol. The number of para-hydroxylation sites is 2. The molecule has 9 heteroatoms. The number of hydrogen-bond acceptors (Lipinski definition) is 8.